The van der Waals surface area contributed by atoms with E-state index in [4.69, 9.17) is 22.1 Å². The summed E-state index contributed by atoms with van der Waals surface area (Å²) in [4.78, 5) is 0. The zero-order valence-corrected chi connectivity index (χ0v) is 10.6. The molecule has 0 heterocycles. The highest BCUT2D eigenvalue weighted by Gasteiger charge is 2.41. The van der Waals surface area contributed by atoms with Crippen molar-refractivity contribution in [3.8, 4) is 0 Å². The van der Waals surface area contributed by atoms with Gasteiger partial charge in [0.1, 0.15) is 5.82 Å². The Morgan fingerprint density at radius 2 is 2.06 bits per heavy atom. The van der Waals surface area contributed by atoms with Crippen LogP contribution in [0, 0.1) is 5.82 Å². The molecule has 17 heavy (non-hydrogen) atoms. The van der Waals surface area contributed by atoms with Gasteiger partial charge in [-0.15, -0.1) is 0 Å². The maximum Gasteiger partial charge on any atom is 0.129 e. The molecule has 0 aliphatic heterocycles. The van der Waals surface area contributed by atoms with Crippen molar-refractivity contribution < 1.29 is 9.13 Å². The van der Waals surface area contributed by atoms with E-state index in [1.807, 2.05) is 0 Å². The first-order valence-corrected chi connectivity index (χ1v) is 6.22. The Hall–Kier alpha value is -0.640. The molecule has 4 heteroatoms. The van der Waals surface area contributed by atoms with Crippen LogP contribution in [0.5, 0.6) is 0 Å². The van der Waals surface area contributed by atoms with Crippen molar-refractivity contribution in [3.63, 3.8) is 0 Å². The Kier molecular flexibility index (Phi) is 3.71. The minimum Gasteiger partial charge on any atom is -0.376 e. The maximum atomic E-state index is 13.8. The van der Waals surface area contributed by atoms with Gasteiger partial charge in [0, 0.05) is 17.7 Å². The summed E-state index contributed by atoms with van der Waals surface area (Å²) in [5.74, 6) is -0.353. The monoisotopic (exact) mass is 257 g/mol. The standard InChI is InChI=1S/C13H17ClFNO/c1-17-13(6-2-3-7-13)12(16)10-5-4-9(14)8-11(10)15/h4-5,8,12H,2-3,6-7,16H2,1H3. The molecule has 0 aromatic heterocycles. The third-order valence-corrected chi connectivity index (χ3v) is 3.96. The summed E-state index contributed by atoms with van der Waals surface area (Å²) in [5.41, 5.74) is 6.25. The first kappa shape index (κ1) is 12.8. The Labute approximate surface area is 106 Å². The van der Waals surface area contributed by atoms with Gasteiger partial charge >= 0.3 is 0 Å². The topological polar surface area (TPSA) is 35.2 Å². The van der Waals surface area contributed by atoms with E-state index in [1.54, 1.807) is 19.2 Å². The summed E-state index contributed by atoms with van der Waals surface area (Å²) < 4.78 is 19.4. The molecule has 1 aliphatic rings. The van der Waals surface area contributed by atoms with Gasteiger partial charge in [0.05, 0.1) is 11.6 Å². The molecule has 2 rings (SSSR count). The van der Waals surface area contributed by atoms with E-state index in [1.165, 1.54) is 6.07 Å². The summed E-state index contributed by atoms with van der Waals surface area (Å²) in [7, 11) is 1.65. The van der Waals surface area contributed by atoms with E-state index in [0.717, 1.165) is 25.7 Å². The summed E-state index contributed by atoms with van der Waals surface area (Å²) in [6.07, 6.45) is 3.92. The average molecular weight is 258 g/mol. The van der Waals surface area contributed by atoms with Crippen molar-refractivity contribution in [1.82, 2.24) is 0 Å². The SMILES string of the molecule is COC1(C(N)c2ccc(Cl)cc2F)CCCC1. The van der Waals surface area contributed by atoms with Crippen LogP contribution in [0.25, 0.3) is 0 Å². The summed E-state index contributed by atoms with van der Waals surface area (Å²) in [6, 6.07) is 4.18. The molecule has 94 valence electrons. The van der Waals surface area contributed by atoms with Gasteiger partial charge in [-0.25, -0.2) is 4.39 Å². The predicted molar refractivity (Wildman–Crippen MR) is 66.5 cm³/mol. The van der Waals surface area contributed by atoms with E-state index in [2.05, 4.69) is 0 Å². The second-order valence-corrected chi connectivity index (χ2v) is 5.06. The van der Waals surface area contributed by atoms with Crippen molar-refractivity contribution in [1.29, 1.82) is 0 Å². The number of halogens is 2. The number of hydrogen-bond acceptors (Lipinski definition) is 2. The van der Waals surface area contributed by atoms with Crippen molar-refractivity contribution in [2.75, 3.05) is 7.11 Å². The van der Waals surface area contributed by atoms with Gasteiger partial charge < -0.3 is 10.5 Å². The lowest BCUT2D eigenvalue weighted by Gasteiger charge is -2.34. The molecule has 2 N–H and O–H groups in total. The zero-order valence-electron chi connectivity index (χ0n) is 9.88. The molecule has 1 aromatic rings. The molecule has 0 amide bonds. The summed E-state index contributed by atoms with van der Waals surface area (Å²) >= 11 is 5.74. The minimum absolute atomic E-state index is 0.353. The Balaban J connectivity index is 2.32. The molecule has 1 aliphatic carbocycles. The van der Waals surface area contributed by atoms with E-state index >= 15 is 0 Å². The molecular weight excluding hydrogens is 241 g/mol. The van der Waals surface area contributed by atoms with Crippen LogP contribution >= 0.6 is 11.6 Å². The molecule has 1 saturated carbocycles. The molecule has 1 fully saturated rings. The van der Waals surface area contributed by atoms with Crippen molar-refractivity contribution in [2.45, 2.75) is 37.3 Å². The molecule has 1 atom stereocenters. The van der Waals surface area contributed by atoms with Crippen molar-refractivity contribution in [2.24, 2.45) is 5.73 Å². The van der Waals surface area contributed by atoms with Gasteiger partial charge in [0.2, 0.25) is 0 Å². The third-order valence-electron chi connectivity index (χ3n) is 3.72. The fourth-order valence-electron chi connectivity index (χ4n) is 2.65. The number of methoxy groups -OCH3 is 1. The Morgan fingerprint density at radius 1 is 1.41 bits per heavy atom. The van der Waals surface area contributed by atoms with Gasteiger partial charge in [-0.2, -0.15) is 0 Å². The average Bonchev–Trinajstić information content (AvgIpc) is 2.78. The second kappa shape index (κ2) is 4.92. The smallest absolute Gasteiger partial charge is 0.129 e. The van der Waals surface area contributed by atoms with Gasteiger partial charge in [-0.3, -0.25) is 0 Å². The predicted octanol–water partition coefficient (Wildman–Crippen LogP) is 3.44. The van der Waals surface area contributed by atoms with Crippen LogP contribution in [0.15, 0.2) is 18.2 Å². The van der Waals surface area contributed by atoms with Gasteiger partial charge in [-0.05, 0) is 25.0 Å². The molecule has 0 saturated heterocycles. The molecular formula is C13H17ClFNO. The summed E-state index contributed by atoms with van der Waals surface area (Å²) in [6.45, 7) is 0. The highest BCUT2D eigenvalue weighted by Crippen LogP contribution is 2.41. The fraction of sp³-hybridized carbons (Fsp3) is 0.538. The van der Waals surface area contributed by atoms with Crippen LogP contribution < -0.4 is 5.73 Å². The first-order chi connectivity index (χ1) is 8.09. The maximum absolute atomic E-state index is 13.8. The number of rotatable bonds is 3. The number of ether oxygens (including phenoxy) is 1. The lowest BCUT2D eigenvalue weighted by atomic mass is 9.87. The van der Waals surface area contributed by atoms with Crippen LogP contribution in [0.4, 0.5) is 4.39 Å². The lowest BCUT2D eigenvalue weighted by Crippen LogP contribution is -2.41. The van der Waals surface area contributed by atoms with Gasteiger partial charge in [0.25, 0.3) is 0 Å². The zero-order chi connectivity index (χ0) is 12.5. The van der Waals surface area contributed by atoms with Crippen molar-refractivity contribution in [3.05, 3.63) is 34.6 Å². The molecule has 1 aromatic carbocycles. The van der Waals surface area contributed by atoms with E-state index < -0.39 is 11.6 Å². The highest BCUT2D eigenvalue weighted by molar-refractivity contribution is 6.30. The number of hydrogen-bond donors (Lipinski definition) is 1. The van der Waals surface area contributed by atoms with E-state index in [0.29, 0.717) is 10.6 Å². The lowest BCUT2D eigenvalue weighted by molar-refractivity contribution is -0.0272. The minimum atomic E-state index is -0.438. The summed E-state index contributed by atoms with van der Waals surface area (Å²) in [5, 5.41) is 0.385. The van der Waals surface area contributed by atoms with Crippen LogP contribution in [-0.2, 0) is 4.74 Å². The molecule has 0 spiro atoms. The largest absolute Gasteiger partial charge is 0.376 e. The Morgan fingerprint density at radius 3 is 2.59 bits per heavy atom. The molecule has 0 radical (unpaired) electrons. The van der Waals surface area contributed by atoms with Gasteiger partial charge in [0.15, 0.2) is 0 Å². The van der Waals surface area contributed by atoms with Crippen LogP contribution in [-0.4, -0.2) is 12.7 Å². The normalized spacial score (nSPS) is 20.5. The number of benzene rings is 1. The fourth-order valence-corrected chi connectivity index (χ4v) is 2.81. The Bertz CT molecular complexity index is 404. The molecule has 0 bridgehead atoms. The van der Waals surface area contributed by atoms with Gasteiger partial charge in [-0.1, -0.05) is 30.5 Å². The van der Waals surface area contributed by atoms with Crippen LogP contribution in [0.1, 0.15) is 37.3 Å². The number of nitrogens with two attached hydrogens (primary N) is 1. The second-order valence-electron chi connectivity index (χ2n) is 4.62. The first-order valence-electron chi connectivity index (χ1n) is 5.85. The van der Waals surface area contributed by atoms with E-state index in [9.17, 15) is 4.39 Å². The highest BCUT2D eigenvalue weighted by atomic mass is 35.5. The van der Waals surface area contributed by atoms with Crippen LogP contribution in [0.3, 0.4) is 0 Å². The van der Waals surface area contributed by atoms with Crippen molar-refractivity contribution >= 4 is 11.6 Å². The van der Waals surface area contributed by atoms with E-state index in [-0.39, 0.29) is 5.82 Å². The third kappa shape index (κ3) is 2.32. The molecule has 1 unspecified atom stereocenters. The quantitative estimate of drug-likeness (QED) is 0.900. The van der Waals surface area contributed by atoms with Crippen LogP contribution in [0.2, 0.25) is 5.02 Å². The molecule has 2 nitrogen and oxygen atoms in total.